The second kappa shape index (κ2) is 9.69. The third-order valence-corrected chi connectivity index (χ3v) is 6.10. The number of hydrogen-bond donors (Lipinski definition) is 2. The summed E-state index contributed by atoms with van der Waals surface area (Å²) in [5.74, 6) is 0.328. The van der Waals surface area contributed by atoms with Gasteiger partial charge in [-0.3, -0.25) is 14.7 Å². The average Bonchev–Trinajstić information content (AvgIpc) is 3.26. The van der Waals surface area contributed by atoms with Crippen LogP contribution in [0.1, 0.15) is 39.2 Å². The van der Waals surface area contributed by atoms with Gasteiger partial charge in [0.1, 0.15) is 0 Å². The normalized spacial score (nSPS) is 20.0. The summed E-state index contributed by atoms with van der Waals surface area (Å²) >= 11 is 0. The molecule has 2 aliphatic rings. The minimum absolute atomic E-state index is 0.151. The Balaban J connectivity index is 1.28. The van der Waals surface area contributed by atoms with Gasteiger partial charge in [0.2, 0.25) is 0 Å². The number of pyridine rings is 1. The fraction of sp³-hybridized carbons (Fsp3) is 0.500. The predicted molar refractivity (Wildman–Crippen MR) is 115 cm³/mol. The Morgan fingerprint density at radius 3 is 3.00 bits per heavy atom. The number of amides is 1. The molecule has 0 saturated carbocycles. The quantitative estimate of drug-likeness (QED) is 0.733. The number of nitrogens with zero attached hydrogens (tertiary/aromatic N) is 2. The molecular formula is C24H31N3O3. The van der Waals surface area contributed by atoms with Gasteiger partial charge in [-0.1, -0.05) is 24.3 Å². The van der Waals surface area contributed by atoms with Gasteiger partial charge >= 0.3 is 0 Å². The summed E-state index contributed by atoms with van der Waals surface area (Å²) in [4.78, 5) is 19.5. The first kappa shape index (κ1) is 21.0. The van der Waals surface area contributed by atoms with Crippen LogP contribution >= 0.6 is 0 Å². The van der Waals surface area contributed by atoms with Crippen LogP contribution in [0.4, 0.5) is 0 Å². The topological polar surface area (TPSA) is 74.7 Å². The number of ether oxygens (including phenoxy) is 1. The van der Waals surface area contributed by atoms with Crippen LogP contribution in [-0.2, 0) is 24.1 Å². The lowest BCUT2D eigenvalue weighted by atomic mass is 9.99. The summed E-state index contributed by atoms with van der Waals surface area (Å²) in [6, 6.07) is 10.3. The Morgan fingerprint density at radius 2 is 2.20 bits per heavy atom. The van der Waals surface area contributed by atoms with Crippen LogP contribution in [0.3, 0.4) is 0 Å². The van der Waals surface area contributed by atoms with Crippen LogP contribution in [0.15, 0.2) is 36.5 Å². The van der Waals surface area contributed by atoms with E-state index in [2.05, 4.69) is 39.5 Å². The van der Waals surface area contributed by atoms with Crippen molar-refractivity contribution < 1.29 is 14.6 Å². The monoisotopic (exact) mass is 409 g/mol. The molecule has 2 N–H and O–H groups in total. The molecule has 160 valence electrons. The first-order valence-electron chi connectivity index (χ1n) is 10.9. The highest BCUT2D eigenvalue weighted by molar-refractivity contribution is 5.95. The second-order valence-corrected chi connectivity index (χ2v) is 8.54. The van der Waals surface area contributed by atoms with Crippen LogP contribution in [0.25, 0.3) is 0 Å². The Labute approximate surface area is 178 Å². The van der Waals surface area contributed by atoms with E-state index in [9.17, 15) is 9.90 Å². The van der Waals surface area contributed by atoms with Gasteiger partial charge in [-0.05, 0) is 54.9 Å². The number of aliphatic hydroxyl groups is 1. The zero-order valence-electron chi connectivity index (χ0n) is 17.6. The van der Waals surface area contributed by atoms with E-state index in [0.717, 1.165) is 56.8 Å². The van der Waals surface area contributed by atoms with Gasteiger partial charge in [0, 0.05) is 56.8 Å². The van der Waals surface area contributed by atoms with Gasteiger partial charge in [0.25, 0.3) is 5.91 Å². The summed E-state index contributed by atoms with van der Waals surface area (Å²) in [6.45, 7) is 6.04. The van der Waals surface area contributed by atoms with Crippen LogP contribution in [0.2, 0.25) is 0 Å². The Hall–Kier alpha value is -2.28. The summed E-state index contributed by atoms with van der Waals surface area (Å²) < 4.78 is 5.44. The third-order valence-electron chi connectivity index (χ3n) is 6.10. The number of aliphatic hydroxyl groups excluding tert-OH is 1. The maximum absolute atomic E-state index is 12.7. The molecule has 6 nitrogen and oxygen atoms in total. The van der Waals surface area contributed by atoms with Crippen LogP contribution in [0.5, 0.6) is 0 Å². The molecule has 0 aliphatic carbocycles. The third kappa shape index (κ3) is 5.25. The van der Waals surface area contributed by atoms with E-state index in [4.69, 9.17) is 4.74 Å². The number of hydrogen-bond acceptors (Lipinski definition) is 5. The summed E-state index contributed by atoms with van der Waals surface area (Å²) in [5, 5.41) is 13.4. The van der Waals surface area contributed by atoms with Gasteiger partial charge in [0.05, 0.1) is 6.10 Å². The van der Waals surface area contributed by atoms with Crippen molar-refractivity contribution in [2.45, 2.75) is 38.8 Å². The second-order valence-electron chi connectivity index (χ2n) is 8.54. The van der Waals surface area contributed by atoms with Crippen molar-refractivity contribution in [1.82, 2.24) is 15.2 Å². The lowest BCUT2D eigenvalue weighted by Crippen LogP contribution is -2.42. The molecule has 1 unspecified atom stereocenters. The lowest BCUT2D eigenvalue weighted by molar-refractivity contribution is 0.0841. The van der Waals surface area contributed by atoms with E-state index >= 15 is 0 Å². The van der Waals surface area contributed by atoms with Gasteiger partial charge in [-0.2, -0.15) is 0 Å². The fourth-order valence-corrected chi connectivity index (χ4v) is 4.34. The molecule has 6 heteroatoms. The Kier molecular flexibility index (Phi) is 6.77. The van der Waals surface area contributed by atoms with Crippen molar-refractivity contribution >= 4 is 5.91 Å². The molecule has 1 saturated heterocycles. The highest BCUT2D eigenvalue weighted by Crippen LogP contribution is 2.20. The van der Waals surface area contributed by atoms with E-state index in [1.807, 2.05) is 13.0 Å². The molecule has 2 aromatic rings. The molecule has 3 heterocycles. The molecule has 2 aliphatic heterocycles. The first-order chi connectivity index (χ1) is 14.6. The molecule has 0 spiro atoms. The van der Waals surface area contributed by atoms with Gasteiger partial charge in [0.15, 0.2) is 0 Å². The number of β-amino-alcohol motifs (C(OH)–C–C–N with tert-alkyl or cyclic N) is 1. The fourth-order valence-electron chi connectivity index (χ4n) is 4.34. The largest absolute Gasteiger partial charge is 0.390 e. The number of carbonyl (C=O) groups excluding carboxylic acids is 1. The van der Waals surface area contributed by atoms with Gasteiger partial charge in [-0.25, -0.2) is 0 Å². The highest BCUT2D eigenvalue weighted by atomic mass is 16.5. The molecule has 1 fully saturated rings. The standard InChI is InChI=1S/C24H31N3O3/c1-17-12-25-21(10-18-7-9-30-16-18)11-23(17)24(29)26-13-22(28)15-27-8-6-19-4-2-3-5-20(19)14-27/h2-5,11-12,18,22,28H,6-10,13-16H2,1H3,(H,26,29)/t18?,22-/m0/s1. The van der Waals surface area contributed by atoms with Crippen LogP contribution in [-0.4, -0.2) is 59.8 Å². The van der Waals surface area contributed by atoms with Crippen molar-refractivity contribution in [3.63, 3.8) is 0 Å². The van der Waals surface area contributed by atoms with Gasteiger partial charge in [-0.15, -0.1) is 0 Å². The van der Waals surface area contributed by atoms with Crippen molar-refractivity contribution in [1.29, 1.82) is 0 Å². The molecule has 1 aromatic heterocycles. The Bertz CT molecular complexity index is 880. The zero-order chi connectivity index (χ0) is 20.9. The summed E-state index contributed by atoms with van der Waals surface area (Å²) in [6.07, 6.45) is 4.04. The lowest BCUT2D eigenvalue weighted by Gasteiger charge is -2.30. The average molecular weight is 410 g/mol. The van der Waals surface area contributed by atoms with Crippen LogP contribution < -0.4 is 5.32 Å². The van der Waals surface area contributed by atoms with Crippen molar-refractivity contribution in [2.24, 2.45) is 5.92 Å². The molecule has 0 bridgehead atoms. The van der Waals surface area contributed by atoms with E-state index in [0.29, 0.717) is 18.0 Å². The molecule has 2 atom stereocenters. The number of aryl methyl sites for hydroxylation is 1. The number of carbonyl (C=O) groups is 1. The van der Waals surface area contributed by atoms with E-state index in [-0.39, 0.29) is 12.5 Å². The molecule has 30 heavy (non-hydrogen) atoms. The van der Waals surface area contributed by atoms with Crippen molar-refractivity contribution in [3.8, 4) is 0 Å². The van der Waals surface area contributed by atoms with Crippen molar-refractivity contribution in [2.75, 3.05) is 32.8 Å². The predicted octanol–water partition coefficient (Wildman–Crippen LogP) is 2.12. The van der Waals surface area contributed by atoms with E-state index in [1.54, 1.807) is 6.20 Å². The number of aromatic nitrogens is 1. The number of rotatable bonds is 7. The maximum atomic E-state index is 12.7. The molecular weight excluding hydrogens is 378 g/mol. The highest BCUT2D eigenvalue weighted by Gasteiger charge is 2.20. The molecule has 1 aromatic carbocycles. The van der Waals surface area contributed by atoms with Crippen LogP contribution in [0, 0.1) is 12.8 Å². The molecule has 0 radical (unpaired) electrons. The summed E-state index contributed by atoms with van der Waals surface area (Å²) in [7, 11) is 0. The summed E-state index contributed by atoms with van der Waals surface area (Å²) in [5.41, 5.74) is 5.13. The van der Waals surface area contributed by atoms with Gasteiger partial charge < -0.3 is 15.2 Å². The van der Waals surface area contributed by atoms with E-state index in [1.165, 1.54) is 11.1 Å². The molecule has 1 amide bonds. The number of fused-ring (bicyclic) bond motifs is 1. The minimum Gasteiger partial charge on any atom is -0.390 e. The number of benzene rings is 1. The molecule has 4 rings (SSSR count). The minimum atomic E-state index is -0.600. The van der Waals surface area contributed by atoms with E-state index < -0.39 is 6.10 Å². The van der Waals surface area contributed by atoms with Crippen molar-refractivity contribution in [3.05, 3.63) is 64.5 Å². The Morgan fingerprint density at radius 1 is 1.37 bits per heavy atom. The SMILES string of the molecule is Cc1cnc(CC2CCOC2)cc1C(=O)NC[C@H](O)CN1CCc2ccccc2C1. The first-order valence-corrected chi connectivity index (χ1v) is 10.9. The maximum Gasteiger partial charge on any atom is 0.251 e. The zero-order valence-corrected chi connectivity index (χ0v) is 17.6. The number of nitrogens with one attached hydrogen (secondary N) is 1. The smallest absolute Gasteiger partial charge is 0.251 e.